The lowest BCUT2D eigenvalue weighted by molar-refractivity contribution is 0.235. The Balaban J connectivity index is 1.48. The van der Waals surface area contributed by atoms with Gasteiger partial charge in [0.05, 0.1) is 17.1 Å². The van der Waals surface area contributed by atoms with E-state index in [1.54, 1.807) is 0 Å². The van der Waals surface area contributed by atoms with Crippen LogP contribution in [0.2, 0.25) is 0 Å². The van der Waals surface area contributed by atoms with Crippen LogP contribution in [0.4, 0.5) is 17.2 Å². The Labute approximate surface area is 204 Å². The minimum atomic E-state index is 0.304. The van der Waals surface area contributed by atoms with Crippen molar-refractivity contribution in [3.8, 4) is 11.3 Å². The maximum absolute atomic E-state index is 9.62. The molecule has 0 saturated carbocycles. The van der Waals surface area contributed by atoms with Gasteiger partial charge in [-0.3, -0.25) is 10.7 Å². The van der Waals surface area contributed by atoms with E-state index >= 15 is 0 Å². The number of aliphatic imine (C=N–C) groups is 1. The van der Waals surface area contributed by atoms with Gasteiger partial charge in [-0.1, -0.05) is 70.5 Å². The molecule has 0 atom stereocenters. The first kappa shape index (κ1) is 22.5. The maximum atomic E-state index is 9.62. The fourth-order valence-corrected chi connectivity index (χ4v) is 3.47. The summed E-state index contributed by atoms with van der Waals surface area (Å²) in [6.45, 7) is 0. The van der Waals surface area contributed by atoms with Crippen molar-refractivity contribution in [1.82, 2.24) is 15.7 Å². The van der Waals surface area contributed by atoms with Crippen molar-refractivity contribution >= 4 is 56.3 Å². The highest BCUT2D eigenvalue weighted by Crippen LogP contribution is 2.26. The molecule has 4 aromatic rings. The van der Waals surface area contributed by atoms with Crippen molar-refractivity contribution in [2.24, 2.45) is 4.99 Å². The summed E-state index contributed by atoms with van der Waals surface area (Å²) < 4.78 is 0.932. The van der Waals surface area contributed by atoms with Crippen molar-refractivity contribution in [3.05, 3.63) is 101 Å². The van der Waals surface area contributed by atoms with E-state index in [1.165, 1.54) is 0 Å². The fraction of sp³-hybridized carbons (Fsp3) is 0. The van der Waals surface area contributed by atoms with Crippen LogP contribution in [0.25, 0.3) is 11.3 Å². The number of nitrogens with one attached hydrogen (secondary N) is 3. The number of hydrogen-bond donors (Lipinski definition) is 4. The average molecular weight is 519 g/mol. The number of aromatic nitrogens is 2. The Morgan fingerprint density at radius 3 is 2.24 bits per heavy atom. The number of anilines is 2. The highest BCUT2D eigenvalue weighted by atomic mass is 79.9. The third-order valence-electron chi connectivity index (χ3n) is 4.58. The normalized spacial score (nSPS) is 11.0. The molecule has 4 N–H and O–H groups in total. The number of para-hydroxylation sites is 2. The van der Waals surface area contributed by atoms with Crippen molar-refractivity contribution < 1.29 is 5.21 Å². The van der Waals surface area contributed by atoms with Crippen molar-refractivity contribution in [2.45, 2.75) is 0 Å². The molecular weight excluding hydrogens is 500 g/mol. The summed E-state index contributed by atoms with van der Waals surface area (Å²) in [4.78, 5) is 4.54. The summed E-state index contributed by atoms with van der Waals surface area (Å²) in [5.41, 5.74) is 5.91. The lowest BCUT2D eigenvalue weighted by Gasteiger charge is -2.13. The maximum Gasteiger partial charge on any atom is 0.176 e. The Bertz CT molecular complexity index is 1260. The number of thiocarbonyl (C=S) groups is 1. The third-order valence-corrected chi connectivity index (χ3v) is 5.32. The molecule has 7 nitrogen and oxygen atoms in total. The Hall–Kier alpha value is -3.66. The summed E-state index contributed by atoms with van der Waals surface area (Å²) >= 11 is 8.85. The molecule has 0 saturated heterocycles. The van der Waals surface area contributed by atoms with E-state index in [0.717, 1.165) is 21.3 Å². The van der Waals surface area contributed by atoms with Gasteiger partial charge in [-0.05, 0) is 48.6 Å². The molecule has 0 amide bonds. The number of amidine groups is 1. The summed E-state index contributed by atoms with van der Waals surface area (Å²) in [6, 6.07) is 28.3. The van der Waals surface area contributed by atoms with E-state index in [-0.39, 0.29) is 0 Å². The van der Waals surface area contributed by atoms with Crippen LogP contribution in [0.3, 0.4) is 0 Å². The molecule has 0 aliphatic carbocycles. The smallest absolute Gasteiger partial charge is 0.176 e. The molecule has 1 aromatic heterocycles. The number of halogens is 1. The molecule has 0 aliphatic heterocycles. The van der Waals surface area contributed by atoms with Gasteiger partial charge in [0.15, 0.2) is 16.8 Å². The van der Waals surface area contributed by atoms with Crippen LogP contribution in [-0.4, -0.2) is 26.4 Å². The third kappa shape index (κ3) is 5.98. The van der Waals surface area contributed by atoms with Gasteiger partial charge in [-0.25, -0.2) is 4.99 Å². The van der Waals surface area contributed by atoms with Gasteiger partial charge in [-0.15, -0.1) is 10.2 Å². The number of hydroxylamine groups is 1. The molecule has 1 heterocycles. The Morgan fingerprint density at radius 2 is 1.55 bits per heavy atom. The largest absolute Gasteiger partial charge is 0.331 e. The van der Waals surface area contributed by atoms with E-state index in [1.807, 2.05) is 91.0 Å². The van der Waals surface area contributed by atoms with Crippen LogP contribution >= 0.6 is 28.1 Å². The quantitative estimate of drug-likeness (QED) is 0.115. The first-order chi connectivity index (χ1) is 16.1. The monoisotopic (exact) mass is 518 g/mol. The molecule has 3 aromatic carbocycles. The summed E-state index contributed by atoms with van der Waals surface area (Å²) in [5, 5.41) is 24.6. The minimum absolute atomic E-state index is 0.304. The number of hydrogen-bond acceptors (Lipinski definition) is 5. The van der Waals surface area contributed by atoms with E-state index in [0.29, 0.717) is 28.1 Å². The van der Waals surface area contributed by atoms with Gasteiger partial charge in [0.2, 0.25) is 0 Å². The zero-order valence-corrected chi connectivity index (χ0v) is 19.6. The molecule has 0 aliphatic rings. The Kier molecular flexibility index (Phi) is 7.36. The van der Waals surface area contributed by atoms with Gasteiger partial charge in [0.25, 0.3) is 0 Å². The second kappa shape index (κ2) is 10.8. The molecular formula is C24H19BrN6OS. The lowest BCUT2D eigenvalue weighted by atomic mass is 10.1. The zero-order valence-electron chi connectivity index (χ0n) is 17.2. The minimum Gasteiger partial charge on any atom is -0.331 e. The zero-order chi connectivity index (χ0) is 23.0. The lowest BCUT2D eigenvalue weighted by Crippen LogP contribution is -2.21. The van der Waals surface area contributed by atoms with Crippen LogP contribution in [0.5, 0.6) is 0 Å². The molecule has 4 rings (SSSR count). The Morgan fingerprint density at radius 1 is 0.818 bits per heavy atom. The molecule has 0 fully saturated rings. The SMILES string of the molecule is ONC(=Nc1ccccc1NC(=S)Nc1ccc(-c2ccccc2)nn1)c1ccc(Br)cc1. The molecule has 0 bridgehead atoms. The molecule has 0 spiro atoms. The van der Waals surface area contributed by atoms with Crippen molar-refractivity contribution in [2.75, 3.05) is 10.6 Å². The number of rotatable bonds is 5. The molecule has 0 unspecified atom stereocenters. The van der Waals surface area contributed by atoms with Gasteiger partial charge >= 0.3 is 0 Å². The predicted octanol–water partition coefficient (Wildman–Crippen LogP) is 5.77. The molecule has 9 heteroatoms. The standard InChI is InChI=1S/C24H19BrN6OS/c25-18-12-10-17(11-13-18)23(31-32)26-20-8-4-5-9-21(20)27-24(33)28-22-15-14-19(29-30-22)16-6-2-1-3-7-16/h1-15,32H,(H,26,31)(H2,27,28,30,33). The predicted molar refractivity (Wildman–Crippen MR) is 139 cm³/mol. The number of benzene rings is 3. The van der Waals surface area contributed by atoms with Crippen LogP contribution in [-0.2, 0) is 0 Å². The fourth-order valence-electron chi connectivity index (χ4n) is 2.99. The van der Waals surface area contributed by atoms with E-state index in [2.05, 4.69) is 47.2 Å². The molecule has 0 radical (unpaired) electrons. The topological polar surface area (TPSA) is 94.5 Å². The second-order valence-corrected chi connectivity index (χ2v) is 8.17. The highest BCUT2D eigenvalue weighted by Gasteiger charge is 2.08. The first-order valence-electron chi connectivity index (χ1n) is 9.93. The van der Waals surface area contributed by atoms with Gasteiger partial charge in [0.1, 0.15) is 0 Å². The van der Waals surface area contributed by atoms with Crippen LogP contribution < -0.4 is 16.1 Å². The summed E-state index contributed by atoms with van der Waals surface area (Å²) in [5.74, 6) is 0.818. The van der Waals surface area contributed by atoms with Crippen molar-refractivity contribution in [3.63, 3.8) is 0 Å². The summed E-state index contributed by atoms with van der Waals surface area (Å²) in [7, 11) is 0. The van der Waals surface area contributed by atoms with E-state index in [9.17, 15) is 5.21 Å². The first-order valence-corrected chi connectivity index (χ1v) is 11.1. The molecule has 164 valence electrons. The number of nitrogens with zero attached hydrogens (tertiary/aromatic N) is 3. The van der Waals surface area contributed by atoms with Crippen molar-refractivity contribution in [1.29, 1.82) is 0 Å². The van der Waals surface area contributed by atoms with Crippen LogP contribution in [0.1, 0.15) is 5.56 Å². The van der Waals surface area contributed by atoms with Crippen LogP contribution in [0.15, 0.2) is 100 Å². The van der Waals surface area contributed by atoms with Gasteiger partial charge < -0.3 is 10.6 Å². The second-order valence-electron chi connectivity index (χ2n) is 6.85. The van der Waals surface area contributed by atoms with E-state index in [4.69, 9.17) is 12.2 Å². The van der Waals surface area contributed by atoms with Crippen LogP contribution in [0, 0.1) is 0 Å². The van der Waals surface area contributed by atoms with Gasteiger partial charge in [-0.2, -0.15) is 0 Å². The average Bonchev–Trinajstić information content (AvgIpc) is 2.85. The molecule has 33 heavy (non-hydrogen) atoms. The van der Waals surface area contributed by atoms with E-state index < -0.39 is 0 Å². The van der Waals surface area contributed by atoms with Gasteiger partial charge in [0, 0.05) is 15.6 Å². The highest BCUT2D eigenvalue weighted by molar-refractivity contribution is 9.10. The summed E-state index contributed by atoms with van der Waals surface area (Å²) in [6.07, 6.45) is 0.